The molecule has 0 aliphatic heterocycles. The van der Waals surface area contributed by atoms with Gasteiger partial charge in [-0.1, -0.05) is 29.8 Å². The zero-order chi connectivity index (χ0) is 17.0. The molecule has 0 radical (unpaired) electrons. The first-order valence-corrected chi connectivity index (χ1v) is 7.53. The second kappa shape index (κ2) is 7.09. The van der Waals surface area contributed by atoms with Crippen LogP contribution in [0.5, 0.6) is 0 Å². The molecule has 4 heteroatoms. The molecule has 1 N–H and O–H groups in total. The monoisotopic (exact) mass is 311 g/mol. The number of ether oxygens (including phenoxy) is 1. The second-order valence-corrected chi connectivity index (χ2v) is 5.65. The first-order chi connectivity index (χ1) is 10.9. The van der Waals surface area contributed by atoms with Crippen molar-refractivity contribution in [2.75, 3.05) is 5.32 Å². The van der Waals surface area contributed by atoms with Gasteiger partial charge < -0.3 is 10.1 Å². The molecule has 0 aliphatic rings. The third-order valence-corrected chi connectivity index (χ3v) is 3.80. The summed E-state index contributed by atoms with van der Waals surface area (Å²) in [6.07, 6.45) is -0.872. The molecule has 2 aromatic carbocycles. The standard InChI is InChI=1S/C19H21NO3/c1-12-8-10-16(11-9-12)19(22)23-15(4)18(21)20-17-7-5-6-13(2)14(17)3/h5-11,15H,1-4H3,(H,20,21)/t15-/m0/s1. The molecule has 0 bridgehead atoms. The summed E-state index contributed by atoms with van der Waals surface area (Å²) >= 11 is 0. The van der Waals surface area contributed by atoms with Gasteiger partial charge in [0.15, 0.2) is 6.10 Å². The maximum absolute atomic E-state index is 12.2. The van der Waals surface area contributed by atoms with E-state index in [-0.39, 0.29) is 5.91 Å². The highest BCUT2D eigenvalue weighted by atomic mass is 16.5. The first-order valence-electron chi connectivity index (χ1n) is 7.53. The summed E-state index contributed by atoms with van der Waals surface area (Å²) in [5, 5.41) is 2.80. The van der Waals surface area contributed by atoms with Gasteiger partial charge >= 0.3 is 5.97 Å². The molecule has 0 aliphatic carbocycles. The lowest BCUT2D eigenvalue weighted by molar-refractivity contribution is -0.123. The van der Waals surface area contributed by atoms with Gasteiger partial charge in [-0.05, 0) is 57.0 Å². The maximum Gasteiger partial charge on any atom is 0.338 e. The van der Waals surface area contributed by atoms with Crippen molar-refractivity contribution in [3.05, 3.63) is 64.7 Å². The van der Waals surface area contributed by atoms with Crippen molar-refractivity contribution in [1.82, 2.24) is 0 Å². The van der Waals surface area contributed by atoms with Crippen LogP contribution in [0.3, 0.4) is 0 Å². The van der Waals surface area contributed by atoms with E-state index in [0.29, 0.717) is 5.56 Å². The molecule has 2 rings (SSSR count). The largest absolute Gasteiger partial charge is 0.449 e. The average Bonchev–Trinajstić information content (AvgIpc) is 2.52. The van der Waals surface area contributed by atoms with Crippen LogP contribution in [0.1, 0.15) is 34.0 Å². The Morgan fingerprint density at radius 3 is 2.30 bits per heavy atom. The lowest BCUT2D eigenvalue weighted by Crippen LogP contribution is -2.30. The Labute approximate surface area is 136 Å². The summed E-state index contributed by atoms with van der Waals surface area (Å²) in [5.41, 5.74) is 4.31. The zero-order valence-electron chi connectivity index (χ0n) is 13.8. The minimum absolute atomic E-state index is 0.348. The molecule has 4 nitrogen and oxygen atoms in total. The van der Waals surface area contributed by atoms with E-state index < -0.39 is 12.1 Å². The fourth-order valence-electron chi connectivity index (χ4n) is 2.09. The summed E-state index contributed by atoms with van der Waals surface area (Å²) in [4.78, 5) is 24.3. The molecule has 1 amide bonds. The molecule has 0 saturated heterocycles. The van der Waals surface area contributed by atoms with Gasteiger partial charge in [0.25, 0.3) is 5.91 Å². The third kappa shape index (κ3) is 4.19. The number of rotatable bonds is 4. The van der Waals surface area contributed by atoms with Crippen molar-refractivity contribution >= 4 is 17.6 Å². The van der Waals surface area contributed by atoms with E-state index in [0.717, 1.165) is 22.4 Å². The Morgan fingerprint density at radius 2 is 1.65 bits per heavy atom. The summed E-state index contributed by atoms with van der Waals surface area (Å²) in [6.45, 7) is 7.42. The van der Waals surface area contributed by atoms with Crippen molar-refractivity contribution < 1.29 is 14.3 Å². The quantitative estimate of drug-likeness (QED) is 0.874. The number of hydrogen-bond acceptors (Lipinski definition) is 3. The zero-order valence-corrected chi connectivity index (χ0v) is 13.8. The van der Waals surface area contributed by atoms with Crippen LogP contribution in [-0.2, 0) is 9.53 Å². The highest BCUT2D eigenvalue weighted by Gasteiger charge is 2.19. The number of hydrogen-bond donors (Lipinski definition) is 1. The van der Waals surface area contributed by atoms with Crippen molar-refractivity contribution in [3.8, 4) is 0 Å². The third-order valence-electron chi connectivity index (χ3n) is 3.80. The molecule has 1 atom stereocenters. The van der Waals surface area contributed by atoms with Gasteiger partial charge in [-0.25, -0.2) is 4.79 Å². The number of nitrogens with one attached hydrogen (secondary N) is 1. The van der Waals surface area contributed by atoms with Crippen LogP contribution in [0, 0.1) is 20.8 Å². The SMILES string of the molecule is Cc1ccc(C(=O)O[C@@H](C)C(=O)Nc2cccc(C)c2C)cc1. The molecular formula is C19H21NO3. The van der Waals surface area contributed by atoms with Crippen LogP contribution in [0.25, 0.3) is 0 Å². The Kier molecular flexibility index (Phi) is 5.16. The molecular weight excluding hydrogens is 290 g/mol. The van der Waals surface area contributed by atoms with E-state index in [1.165, 1.54) is 0 Å². The van der Waals surface area contributed by atoms with Crippen LogP contribution >= 0.6 is 0 Å². The van der Waals surface area contributed by atoms with Gasteiger partial charge in [0, 0.05) is 5.69 Å². The number of esters is 1. The fourth-order valence-corrected chi connectivity index (χ4v) is 2.09. The van der Waals surface area contributed by atoms with Gasteiger partial charge in [-0.3, -0.25) is 4.79 Å². The van der Waals surface area contributed by atoms with Crippen LogP contribution in [-0.4, -0.2) is 18.0 Å². The summed E-state index contributed by atoms with van der Waals surface area (Å²) in [6, 6.07) is 12.7. The van der Waals surface area contributed by atoms with Gasteiger partial charge in [0.2, 0.25) is 0 Å². The van der Waals surface area contributed by atoms with E-state index in [4.69, 9.17) is 4.74 Å². The van der Waals surface area contributed by atoms with Crippen LogP contribution in [0.4, 0.5) is 5.69 Å². The Morgan fingerprint density at radius 1 is 1.00 bits per heavy atom. The molecule has 23 heavy (non-hydrogen) atoms. The predicted molar refractivity (Wildman–Crippen MR) is 90.6 cm³/mol. The van der Waals surface area contributed by atoms with E-state index in [9.17, 15) is 9.59 Å². The number of benzene rings is 2. The normalized spacial score (nSPS) is 11.7. The van der Waals surface area contributed by atoms with Gasteiger partial charge in [-0.15, -0.1) is 0 Å². The number of carbonyl (C=O) groups is 2. The van der Waals surface area contributed by atoms with Crippen LogP contribution in [0.2, 0.25) is 0 Å². The van der Waals surface area contributed by atoms with Crippen molar-refractivity contribution in [1.29, 1.82) is 0 Å². The van der Waals surface area contributed by atoms with Crippen LogP contribution < -0.4 is 5.32 Å². The highest BCUT2D eigenvalue weighted by molar-refractivity contribution is 5.97. The topological polar surface area (TPSA) is 55.4 Å². The molecule has 0 aromatic heterocycles. The number of carbonyl (C=O) groups excluding carboxylic acids is 2. The van der Waals surface area contributed by atoms with Gasteiger partial charge in [0.05, 0.1) is 5.56 Å². The molecule has 120 valence electrons. The summed E-state index contributed by atoms with van der Waals surface area (Å²) in [5.74, 6) is -0.854. The minimum atomic E-state index is -0.872. The minimum Gasteiger partial charge on any atom is -0.449 e. The fraction of sp³-hybridized carbons (Fsp3) is 0.263. The lowest BCUT2D eigenvalue weighted by Gasteiger charge is -2.15. The highest BCUT2D eigenvalue weighted by Crippen LogP contribution is 2.18. The van der Waals surface area contributed by atoms with Crippen molar-refractivity contribution in [3.63, 3.8) is 0 Å². The van der Waals surface area contributed by atoms with E-state index in [1.807, 2.05) is 51.1 Å². The maximum atomic E-state index is 12.2. The Bertz CT molecular complexity index is 720. The molecule has 0 saturated carbocycles. The number of amides is 1. The molecule has 0 spiro atoms. The van der Waals surface area contributed by atoms with Gasteiger partial charge in [-0.2, -0.15) is 0 Å². The lowest BCUT2D eigenvalue weighted by atomic mass is 10.1. The molecule has 0 unspecified atom stereocenters. The van der Waals surface area contributed by atoms with E-state index in [2.05, 4.69) is 5.32 Å². The summed E-state index contributed by atoms with van der Waals surface area (Å²) in [7, 11) is 0. The first kappa shape index (κ1) is 16.7. The number of anilines is 1. The Hall–Kier alpha value is -2.62. The van der Waals surface area contributed by atoms with E-state index in [1.54, 1.807) is 19.1 Å². The second-order valence-electron chi connectivity index (χ2n) is 5.65. The molecule has 0 fully saturated rings. The van der Waals surface area contributed by atoms with Crippen LogP contribution in [0.15, 0.2) is 42.5 Å². The molecule has 0 heterocycles. The Balaban J connectivity index is 2.01. The predicted octanol–water partition coefficient (Wildman–Crippen LogP) is 3.80. The average molecular weight is 311 g/mol. The van der Waals surface area contributed by atoms with Crippen molar-refractivity contribution in [2.45, 2.75) is 33.8 Å². The summed E-state index contributed by atoms with van der Waals surface area (Å²) < 4.78 is 5.23. The van der Waals surface area contributed by atoms with E-state index >= 15 is 0 Å². The van der Waals surface area contributed by atoms with Gasteiger partial charge in [0.1, 0.15) is 0 Å². The smallest absolute Gasteiger partial charge is 0.338 e. The molecule has 2 aromatic rings. The van der Waals surface area contributed by atoms with Crippen molar-refractivity contribution in [2.24, 2.45) is 0 Å². The number of aryl methyl sites for hydroxylation is 2.